The molecule has 6 rings (SSSR count). The number of aromatic hydroxyl groups is 1. The van der Waals surface area contributed by atoms with Crippen LogP contribution in [0.25, 0.3) is 39.1 Å². The first kappa shape index (κ1) is 34.7. The van der Waals surface area contributed by atoms with Gasteiger partial charge in [-0.2, -0.15) is 0 Å². The summed E-state index contributed by atoms with van der Waals surface area (Å²) in [5, 5.41) is 10.8. The summed E-state index contributed by atoms with van der Waals surface area (Å²) in [6.07, 6.45) is 6.51. The van der Waals surface area contributed by atoms with Crippen molar-refractivity contribution in [2.75, 3.05) is 28.4 Å². The second-order valence-corrected chi connectivity index (χ2v) is 12.2. The molecule has 49 heavy (non-hydrogen) atoms. The van der Waals surface area contributed by atoms with E-state index >= 15 is 0 Å². The predicted octanol–water partition coefficient (Wildman–Crippen LogP) is 7.99. The number of ether oxygens (including phenoxy) is 5. The number of allylic oxidation sites excluding steroid dienone is 2. The molecule has 1 aliphatic rings. The van der Waals surface area contributed by atoms with Gasteiger partial charge < -0.3 is 37.6 Å². The van der Waals surface area contributed by atoms with Crippen molar-refractivity contribution in [2.45, 2.75) is 46.6 Å². The maximum absolute atomic E-state index is 12.9. The predicted molar refractivity (Wildman–Crippen MR) is 190 cm³/mol. The molecule has 0 saturated heterocycles. The molecule has 0 saturated carbocycles. The molecule has 0 fully saturated rings. The second kappa shape index (κ2) is 13.8. The molecule has 0 aliphatic carbocycles. The lowest BCUT2D eigenvalue weighted by Crippen LogP contribution is -2.27. The first-order valence-electron chi connectivity index (χ1n) is 15.6. The van der Waals surface area contributed by atoms with Crippen LogP contribution in [0.5, 0.6) is 34.5 Å². The van der Waals surface area contributed by atoms with Gasteiger partial charge in [-0.1, -0.05) is 23.8 Å². The molecule has 3 aromatic carbocycles. The lowest BCUT2D eigenvalue weighted by Gasteiger charge is -2.29. The summed E-state index contributed by atoms with van der Waals surface area (Å²) in [7, 11) is 6.21. The van der Waals surface area contributed by atoms with E-state index in [1.165, 1.54) is 26.4 Å². The fraction of sp³-hybridized carbons (Fsp3) is 0.282. The summed E-state index contributed by atoms with van der Waals surface area (Å²) in [6.45, 7) is 9.61. The van der Waals surface area contributed by atoms with Gasteiger partial charge in [-0.25, -0.2) is 4.79 Å². The Kier molecular flexibility index (Phi) is 9.80. The van der Waals surface area contributed by atoms with Gasteiger partial charge in [0, 0.05) is 23.8 Å². The van der Waals surface area contributed by atoms with Gasteiger partial charge in [0.2, 0.25) is 0 Å². The van der Waals surface area contributed by atoms with Crippen molar-refractivity contribution >= 4 is 28.0 Å². The van der Waals surface area contributed by atoms with Gasteiger partial charge >= 0.3 is 5.63 Å². The Morgan fingerprint density at radius 2 is 1.57 bits per heavy atom. The molecule has 0 radical (unpaired) electrons. The number of hydrogen-bond donors (Lipinski definition) is 1. The number of benzene rings is 3. The molecule has 2 aromatic heterocycles. The van der Waals surface area contributed by atoms with Gasteiger partial charge in [0.1, 0.15) is 73.4 Å². The maximum Gasteiger partial charge on any atom is 0.347 e. The minimum atomic E-state index is -0.507. The van der Waals surface area contributed by atoms with Crippen molar-refractivity contribution in [1.82, 2.24) is 0 Å². The van der Waals surface area contributed by atoms with Gasteiger partial charge in [0.15, 0.2) is 5.43 Å². The molecule has 10 heteroatoms. The molecule has 0 atom stereocenters. The summed E-state index contributed by atoms with van der Waals surface area (Å²) in [5.74, 6) is 3.10. The van der Waals surface area contributed by atoms with Crippen molar-refractivity contribution < 1.29 is 37.6 Å². The van der Waals surface area contributed by atoms with Gasteiger partial charge in [-0.15, -0.1) is 0 Å². The Morgan fingerprint density at radius 3 is 2.18 bits per heavy atom. The van der Waals surface area contributed by atoms with E-state index in [0.717, 1.165) is 16.7 Å². The van der Waals surface area contributed by atoms with Gasteiger partial charge in [0.05, 0.1) is 34.0 Å². The van der Waals surface area contributed by atoms with Crippen LogP contribution >= 0.6 is 0 Å². The number of phenols is 1. The molecule has 256 valence electrons. The molecule has 5 aromatic rings. The van der Waals surface area contributed by atoms with Crippen molar-refractivity contribution in [3.8, 4) is 45.6 Å². The van der Waals surface area contributed by atoms with E-state index in [1.807, 2.05) is 45.9 Å². The van der Waals surface area contributed by atoms with Gasteiger partial charge in [0.25, 0.3) is 0 Å². The summed E-state index contributed by atoms with van der Waals surface area (Å²) in [4.78, 5) is 24.9. The standard InChI is InChI=1S/C23H22O6.C16H18O4/c1-23(2)11-10-15-16(29-23)12-17-19(20(15)26-4)21(27-5)18(22(24)28-17)13-6-8-14(25-3)9-7-13;1-9(2)5-6-11-14(19-4)8-13(18)15-12(17)7-10(3)20-16(11)15/h6-12H,1-5H3;5,7-8,18H,6H2,1-4H3. The van der Waals surface area contributed by atoms with Crippen LogP contribution in [0, 0.1) is 6.92 Å². The van der Waals surface area contributed by atoms with E-state index in [9.17, 15) is 14.7 Å². The number of aryl methyl sites for hydroxylation is 1. The zero-order valence-corrected chi connectivity index (χ0v) is 29.1. The molecule has 1 aliphatic heterocycles. The Balaban J connectivity index is 0.000000205. The number of hydrogen-bond acceptors (Lipinski definition) is 10. The smallest absolute Gasteiger partial charge is 0.347 e. The highest BCUT2D eigenvalue weighted by atomic mass is 16.5. The minimum Gasteiger partial charge on any atom is -0.507 e. The molecule has 1 N–H and O–H groups in total. The summed E-state index contributed by atoms with van der Waals surface area (Å²) >= 11 is 0. The Morgan fingerprint density at radius 1 is 0.878 bits per heavy atom. The fourth-order valence-corrected chi connectivity index (χ4v) is 5.70. The first-order valence-corrected chi connectivity index (χ1v) is 15.6. The van der Waals surface area contributed by atoms with E-state index in [2.05, 4.69) is 0 Å². The van der Waals surface area contributed by atoms with E-state index < -0.39 is 11.2 Å². The quantitative estimate of drug-likeness (QED) is 0.135. The Labute approximate surface area is 283 Å². The van der Waals surface area contributed by atoms with Crippen LogP contribution < -0.4 is 34.7 Å². The maximum atomic E-state index is 12.9. The molecule has 10 nitrogen and oxygen atoms in total. The number of rotatable bonds is 7. The topological polar surface area (TPSA) is 127 Å². The molecule has 0 spiro atoms. The summed E-state index contributed by atoms with van der Waals surface area (Å²) in [6, 6.07) is 11.7. The van der Waals surface area contributed by atoms with Crippen LogP contribution in [0.2, 0.25) is 0 Å². The van der Waals surface area contributed by atoms with E-state index in [1.54, 1.807) is 51.5 Å². The van der Waals surface area contributed by atoms with Crippen molar-refractivity contribution in [3.63, 3.8) is 0 Å². The van der Waals surface area contributed by atoms with Crippen molar-refractivity contribution in [2.24, 2.45) is 0 Å². The van der Waals surface area contributed by atoms with E-state index in [4.69, 9.17) is 32.5 Å². The highest BCUT2D eigenvalue weighted by Gasteiger charge is 2.29. The van der Waals surface area contributed by atoms with Crippen molar-refractivity contribution in [1.29, 1.82) is 0 Å². The second-order valence-electron chi connectivity index (χ2n) is 12.2. The fourth-order valence-electron chi connectivity index (χ4n) is 5.70. The highest BCUT2D eigenvalue weighted by molar-refractivity contribution is 5.99. The highest BCUT2D eigenvalue weighted by Crippen LogP contribution is 2.47. The number of phenolic OH excluding ortho intramolecular Hbond substituents is 1. The van der Waals surface area contributed by atoms with Crippen LogP contribution in [0.4, 0.5) is 0 Å². The van der Waals surface area contributed by atoms with Gasteiger partial charge in [-0.05, 0) is 70.9 Å². The molecule has 0 unspecified atom stereocenters. The number of methoxy groups -OCH3 is 4. The third kappa shape index (κ3) is 6.85. The van der Waals surface area contributed by atoms with Crippen LogP contribution in [0.1, 0.15) is 44.6 Å². The summed E-state index contributed by atoms with van der Waals surface area (Å²) < 4.78 is 39.3. The minimum absolute atomic E-state index is 0.119. The van der Waals surface area contributed by atoms with Crippen LogP contribution in [0.15, 0.2) is 78.6 Å². The van der Waals surface area contributed by atoms with Crippen LogP contribution in [-0.4, -0.2) is 39.1 Å². The van der Waals surface area contributed by atoms with Gasteiger partial charge in [-0.3, -0.25) is 4.79 Å². The third-order valence-corrected chi connectivity index (χ3v) is 8.02. The summed E-state index contributed by atoms with van der Waals surface area (Å²) in [5.41, 5.74) is 3.18. The Bertz CT molecular complexity index is 2210. The zero-order chi connectivity index (χ0) is 35.6. The monoisotopic (exact) mass is 668 g/mol. The lowest BCUT2D eigenvalue weighted by atomic mass is 9.98. The lowest BCUT2D eigenvalue weighted by molar-refractivity contribution is 0.158. The average Bonchev–Trinajstić information content (AvgIpc) is 3.05. The number of fused-ring (bicyclic) bond motifs is 3. The third-order valence-electron chi connectivity index (χ3n) is 8.02. The molecule has 0 amide bonds. The molecule has 3 heterocycles. The molecular weight excluding hydrogens is 628 g/mol. The largest absolute Gasteiger partial charge is 0.507 e. The van der Waals surface area contributed by atoms with E-state index in [0.29, 0.717) is 68.6 Å². The van der Waals surface area contributed by atoms with Crippen LogP contribution in [0.3, 0.4) is 0 Å². The molecular formula is C39H40O10. The zero-order valence-electron chi connectivity index (χ0n) is 29.1. The molecule has 0 bridgehead atoms. The normalized spacial score (nSPS) is 12.8. The first-order chi connectivity index (χ1) is 23.3. The van der Waals surface area contributed by atoms with Crippen molar-refractivity contribution in [3.05, 3.63) is 97.7 Å². The Hall–Kier alpha value is -5.64. The average molecular weight is 669 g/mol. The SMILES string of the molecule is COc1cc(O)c2c(=O)cc(C)oc2c1CC=C(C)C.COc1ccc(-c2c(OC)c3c(OC)c4c(cc3oc2=O)OC(C)(C)C=C4)cc1. The van der Waals surface area contributed by atoms with E-state index in [-0.39, 0.29) is 16.6 Å². The van der Waals surface area contributed by atoms with Crippen LogP contribution in [-0.2, 0) is 6.42 Å².